The number of nitrogens with zero attached hydrogens (tertiary/aromatic N) is 2. The monoisotopic (exact) mass is 318 g/mol. The predicted molar refractivity (Wildman–Crippen MR) is 81.0 cm³/mol. The lowest BCUT2D eigenvalue weighted by molar-refractivity contribution is -0.139. The Morgan fingerprint density at radius 1 is 1.48 bits per heavy atom. The summed E-state index contributed by atoms with van der Waals surface area (Å²) in [6.07, 6.45) is 0.524. The topological polar surface area (TPSA) is 66.6 Å². The summed E-state index contributed by atoms with van der Waals surface area (Å²) in [6, 6.07) is 8.08. The van der Waals surface area contributed by atoms with Crippen LogP contribution >= 0.6 is 0 Å². The Balaban J connectivity index is 1.53. The molecule has 5 nitrogen and oxygen atoms in total. The summed E-state index contributed by atoms with van der Waals surface area (Å²) in [5, 5.41) is 12.9. The molecule has 1 aliphatic heterocycles. The number of benzene rings is 1. The molecule has 1 saturated heterocycles. The molecule has 23 heavy (non-hydrogen) atoms. The van der Waals surface area contributed by atoms with Crippen molar-refractivity contribution in [2.24, 2.45) is 5.92 Å². The van der Waals surface area contributed by atoms with Crippen molar-refractivity contribution >= 4 is 5.91 Å². The molecule has 2 aromatic rings. The summed E-state index contributed by atoms with van der Waals surface area (Å²) < 4.78 is 18.2. The van der Waals surface area contributed by atoms with Gasteiger partial charge in [-0.25, -0.2) is 4.39 Å². The van der Waals surface area contributed by atoms with Crippen molar-refractivity contribution in [2.75, 3.05) is 13.1 Å². The van der Waals surface area contributed by atoms with Crippen LogP contribution in [0, 0.1) is 11.7 Å². The lowest BCUT2D eigenvalue weighted by Crippen LogP contribution is -2.50. The van der Waals surface area contributed by atoms with Gasteiger partial charge in [-0.05, 0) is 24.1 Å². The second kappa shape index (κ2) is 6.50. The minimum Gasteiger partial charge on any atom is -0.388 e. The SMILES string of the molecule is CC(Cc1cccc(F)c1)C(=O)N1CC(c2cc(CO)on2)C1. The third kappa shape index (κ3) is 3.42. The van der Waals surface area contributed by atoms with E-state index in [1.54, 1.807) is 17.0 Å². The van der Waals surface area contributed by atoms with Crippen LogP contribution in [0.25, 0.3) is 0 Å². The Kier molecular flexibility index (Phi) is 4.43. The van der Waals surface area contributed by atoms with E-state index in [-0.39, 0.29) is 30.2 Å². The first kappa shape index (κ1) is 15.7. The number of carbonyl (C=O) groups is 1. The van der Waals surface area contributed by atoms with Crippen molar-refractivity contribution in [3.05, 3.63) is 53.2 Å². The van der Waals surface area contributed by atoms with Gasteiger partial charge in [0.2, 0.25) is 5.91 Å². The number of aromatic nitrogens is 1. The van der Waals surface area contributed by atoms with Gasteiger partial charge in [0, 0.05) is 31.0 Å². The van der Waals surface area contributed by atoms with Gasteiger partial charge in [-0.1, -0.05) is 24.2 Å². The third-order valence-corrected chi connectivity index (χ3v) is 4.20. The fourth-order valence-electron chi connectivity index (χ4n) is 2.86. The van der Waals surface area contributed by atoms with Crippen molar-refractivity contribution in [3.63, 3.8) is 0 Å². The largest absolute Gasteiger partial charge is 0.388 e. The van der Waals surface area contributed by atoms with Gasteiger partial charge < -0.3 is 14.5 Å². The molecule has 1 aliphatic rings. The molecule has 1 atom stereocenters. The fourth-order valence-corrected chi connectivity index (χ4v) is 2.86. The molecule has 1 amide bonds. The van der Waals surface area contributed by atoms with Gasteiger partial charge in [0.25, 0.3) is 0 Å². The van der Waals surface area contributed by atoms with Gasteiger partial charge in [-0.3, -0.25) is 4.79 Å². The molecule has 0 aliphatic carbocycles. The first-order valence-corrected chi connectivity index (χ1v) is 7.66. The molecule has 2 heterocycles. The number of hydrogen-bond acceptors (Lipinski definition) is 4. The summed E-state index contributed by atoms with van der Waals surface area (Å²) in [4.78, 5) is 14.2. The number of halogens is 1. The van der Waals surface area contributed by atoms with E-state index in [1.807, 2.05) is 13.0 Å². The number of likely N-dealkylation sites (tertiary alicyclic amines) is 1. The quantitative estimate of drug-likeness (QED) is 0.917. The Morgan fingerprint density at radius 3 is 2.91 bits per heavy atom. The average Bonchev–Trinajstić information content (AvgIpc) is 2.94. The predicted octanol–water partition coefficient (Wildman–Crippen LogP) is 2.11. The molecule has 122 valence electrons. The van der Waals surface area contributed by atoms with Crippen molar-refractivity contribution < 1.29 is 18.8 Å². The van der Waals surface area contributed by atoms with Crippen LogP contribution in [0.4, 0.5) is 4.39 Å². The average molecular weight is 318 g/mol. The normalized spacial score (nSPS) is 16.2. The molecule has 1 aromatic carbocycles. The summed E-state index contributed by atoms with van der Waals surface area (Å²) in [7, 11) is 0. The number of rotatable bonds is 5. The van der Waals surface area contributed by atoms with Crippen LogP contribution in [0.3, 0.4) is 0 Å². The molecule has 1 N–H and O–H groups in total. The molecular weight excluding hydrogens is 299 g/mol. The zero-order chi connectivity index (χ0) is 16.4. The Hall–Kier alpha value is -2.21. The molecule has 0 spiro atoms. The van der Waals surface area contributed by atoms with E-state index < -0.39 is 0 Å². The van der Waals surface area contributed by atoms with E-state index in [0.29, 0.717) is 25.3 Å². The van der Waals surface area contributed by atoms with Gasteiger partial charge >= 0.3 is 0 Å². The highest BCUT2D eigenvalue weighted by atomic mass is 19.1. The van der Waals surface area contributed by atoms with E-state index in [9.17, 15) is 9.18 Å². The first-order chi connectivity index (χ1) is 11.1. The summed E-state index contributed by atoms with van der Waals surface area (Å²) in [6.45, 7) is 2.89. The highest BCUT2D eigenvalue weighted by Crippen LogP contribution is 2.28. The number of hydrogen-bond donors (Lipinski definition) is 1. The van der Waals surface area contributed by atoms with Crippen LogP contribution in [0.1, 0.15) is 29.9 Å². The molecule has 0 saturated carbocycles. The second-order valence-corrected chi connectivity index (χ2v) is 6.05. The van der Waals surface area contributed by atoms with Gasteiger partial charge in [-0.15, -0.1) is 0 Å². The fraction of sp³-hybridized carbons (Fsp3) is 0.412. The van der Waals surface area contributed by atoms with E-state index in [4.69, 9.17) is 9.63 Å². The smallest absolute Gasteiger partial charge is 0.225 e. The Morgan fingerprint density at radius 2 is 2.26 bits per heavy atom. The van der Waals surface area contributed by atoms with Gasteiger partial charge in [0.1, 0.15) is 12.4 Å². The number of amides is 1. The van der Waals surface area contributed by atoms with Crippen molar-refractivity contribution in [1.29, 1.82) is 0 Å². The zero-order valence-corrected chi connectivity index (χ0v) is 12.9. The van der Waals surface area contributed by atoms with E-state index in [2.05, 4.69) is 5.16 Å². The standard InChI is InChI=1S/C17H19FN2O3/c1-11(5-12-3-2-4-14(18)6-12)17(22)20-8-13(9-20)16-7-15(10-21)23-19-16/h2-4,6-7,11,13,21H,5,8-10H2,1H3. The molecule has 6 heteroatoms. The maximum Gasteiger partial charge on any atom is 0.225 e. The number of aliphatic hydroxyl groups is 1. The van der Waals surface area contributed by atoms with E-state index in [0.717, 1.165) is 11.3 Å². The lowest BCUT2D eigenvalue weighted by Gasteiger charge is -2.39. The van der Waals surface area contributed by atoms with E-state index in [1.165, 1.54) is 12.1 Å². The highest BCUT2D eigenvalue weighted by Gasteiger charge is 2.35. The first-order valence-electron chi connectivity index (χ1n) is 7.66. The van der Waals surface area contributed by atoms with Crippen molar-refractivity contribution in [3.8, 4) is 0 Å². The molecule has 0 radical (unpaired) electrons. The van der Waals surface area contributed by atoms with Gasteiger partial charge in [0.15, 0.2) is 5.76 Å². The molecule has 3 rings (SSSR count). The van der Waals surface area contributed by atoms with Crippen LogP contribution in [-0.4, -0.2) is 34.2 Å². The Labute approximate surface area is 133 Å². The highest BCUT2D eigenvalue weighted by molar-refractivity contribution is 5.79. The number of carbonyl (C=O) groups excluding carboxylic acids is 1. The van der Waals surface area contributed by atoms with Crippen LogP contribution < -0.4 is 0 Å². The minimum atomic E-state index is -0.281. The summed E-state index contributed by atoms with van der Waals surface area (Å²) in [5.74, 6) is 0.185. The number of aliphatic hydroxyl groups excluding tert-OH is 1. The molecular formula is C17H19FN2O3. The van der Waals surface area contributed by atoms with Crippen LogP contribution in [0.2, 0.25) is 0 Å². The van der Waals surface area contributed by atoms with Crippen LogP contribution in [0.5, 0.6) is 0 Å². The molecule has 1 fully saturated rings. The van der Waals surface area contributed by atoms with Gasteiger partial charge in [0.05, 0.1) is 5.69 Å². The second-order valence-electron chi connectivity index (χ2n) is 6.05. The zero-order valence-electron chi connectivity index (χ0n) is 12.9. The molecule has 1 aromatic heterocycles. The maximum atomic E-state index is 13.2. The lowest BCUT2D eigenvalue weighted by atomic mass is 9.92. The minimum absolute atomic E-state index is 0.0661. The summed E-state index contributed by atoms with van der Waals surface area (Å²) in [5.41, 5.74) is 1.60. The van der Waals surface area contributed by atoms with Crippen LogP contribution in [0.15, 0.2) is 34.9 Å². The van der Waals surface area contributed by atoms with Crippen molar-refractivity contribution in [1.82, 2.24) is 10.1 Å². The van der Waals surface area contributed by atoms with E-state index >= 15 is 0 Å². The molecule has 0 bridgehead atoms. The molecule has 1 unspecified atom stereocenters. The Bertz CT molecular complexity index is 695. The van der Waals surface area contributed by atoms with Gasteiger partial charge in [-0.2, -0.15) is 0 Å². The van der Waals surface area contributed by atoms with Crippen LogP contribution in [-0.2, 0) is 17.8 Å². The summed E-state index contributed by atoms with van der Waals surface area (Å²) >= 11 is 0. The maximum absolute atomic E-state index is 13.2. The third-order valence-electron chi connectivity index (χ3n) is 4.20. The van der Waals surface area contributed by atoms with Crippen molar-refractivity contribution in [2.45, 2.75) is 25.9 Å².